The second kappa shape index (κ2) is 3.35. The summed E-state index contributed by atoms with van der Waals surface area (Å²) in [4.78, 5) is 11.5. The van der Waals surface area contributed by atoms with E-state index in [1.807, 2.05) is 6.07 Å². The first-order chi connectivity index (χ1) is 7.71. The number of hydrogen-bond acceptors (Lipinski definition) is 3. The molecule has 0 spiro atoms. The number of carboxylic acids is 1. The van der Waals surface area contributed by atoms with Gasteiger partial charge in [0, 0.05) is 6.42 Å². The summed E-state index contributed by atoms with van der Waals surface area (Å²) in [5.41, 5.74) is -0.763. The number of aliphatic carboxylic acids is 1. The summed E-state index contributed by atoms with van der Waals surface area (Å²) < 4.78 is 10.9. The van der Waals surface area contributed by atoms with Crippen LogP contribution in [0.2, 0.25) is 0 Å². The number of carboxylic acid groups (broad SMARTS) is 1. The van der Waals surface area contributed by atoms with Gasteiger partial charge >= 0.3 is 5.97 Å². The van der Waals surface area contributed by atoms with Crippen LogP contribution in [0.3, 0.4) is 0 Å². The van der Waals surface area contributed by atoms with Crippen LogP contribution in [0, 0.1) is 5.41 Å². The molecule has 0 amide bonds. The summed E-state index contributed by atoms with van der Waals surface area (Å²) in [6.45, 7) is 0. The molecule has 2 bridgehead atoms. The molecular weight excluding hydrogens is 208 g/mol. The second-order valence-electron chi connectivity index (χ2n) is 4.75. The molecule has 16 heavy (non-hydrogen) atoms. The predicted molar refractivity (Wildman–Crippen MR) is 55.0 cm³/mol. The number of furan rings is 1. The predicted octanol–water partition coefficient (Wildman–Crippen LogP) is 1.84. The van der Waals surface area contributed by atoms with E-state index in [4.69, 9.17) is 9.15 Å². The zero-order chi connectivity index (χ0) is 11.2. The molecule has 1 aromatic heterocycles. The molecule has 0 radical (unpaired) electrons. The Morgan fingerprint density at radius 1 is 1.56 bits per heavy atom. The largest absolute Gasteiger partial charge is 0.481 e. The minimum absolute atomic E-state index is 0.135. The fourth-order valence-corrected chi connectivity index (χ4v) is 3.01. The van der Waals surface area contributed by atoms with Crippen LogP contribution in [0.4, 0.5) is 0 Å². The summed E-state index contributed by atoms with van der Waals surface area (Å²) in [5, 5.41) is 9.46. The van der Waals surface area contributed by atoms with Crippen LogP contribution in [-0.4, -0.2) is 23.3 Å². The Morgan fingerprint density at radius 3 is 2.94 bits per heavy atom. The molecule has 2 aliphatic heterocycles. The van der Waals surface area contributed by atoms with Crippen molar-refractivity contribution in [1.82, 2.24) is 0 Å². The molecule has 2 fully saturated rings. The van der Waals surface area contributed by atoms with Gasteiger partial charge in [-0.1, -0.05) is 0 Å². The maximum Gasteiger partial charge on any atom is 0.312 e. The third-order valence-electron chi connectivity index (χ3n) is 3.81. The topological polar surface area (TPSA) is 59.7 Å². The molecule has 3 unspecified atom stereocenters. The van der Waals surface area contributed by atoms with Crippen molar-refractivity contribution in [1.29, 1.82) is 0 Å². The zero-order valence-corrected chi connectivity index (χ0v) is 8.89. The van der Waals surface area contributed by atoms with Crippen LogP contribution in [0.25, 0.3) is 0 Å². The van der Waals surface area contributed by atoms with E-state index in [0.29, 0.717) is 12.8 Å². The molecule has 1 N–H and O–H groups in total. The maximum absolute atomic E-state index is 11.5. The highest BCUT2D eigenvalue weighted by molar-refractivity contribution is 5.76. The van der Waals surface area contributed by atoms with Gasteiger partial charge in [0.25, 0.3) is 0 Å². The van der Waals surface area contributed by atoms with Crippen LogP contribution in [0.15, 0.2) is 22.8 Å². The van der Waals surface area contributed by atoms with Crippen molar-refractivity contribution in [3.05, 3.63) is 24.2 Å². The summed E-state index contributed by atoms with van der Waals surface area (Å²) in [6.07, 6.45) is 4.50. The van der Waals surface area contributed by atoms with E-state index in [0.717, 1.165) is 18.6 Å². The average Bonchev–Trinajstić information content (AvgIpc) is 2.92. The van der Waals surface area contributed by atoms with Crippen LogP contribution < -0.4 is 0 Å². The van der Waals surface area contributed by atoms with E-state index >= 15 is 0 Å². The minimum atomic E-state index is -0.763. The minimum Gasteiger partial charge on any atom is -0.481 e. The van der Waals surface area contributed by atoms with Crippen molar-refractivity contribution in [2.45, 2.75) is 37.9 Å². The lowest BCUT2D eigenvalue weighted by Crippen LogP contribution is -2.42. The average molecular weight is 222 g/mol. The van der Waals surface area contributed by atoms with Gasteiger partial charge in [-0.2, -0.15) is 0 Å². The van der Waals surface area contributed by atoms with Crippen LogP contribution in [0.5, 0.6) is 0 Å². The first-order valence-corrected chi connectivity index (χ1v) is 5.62. The number of rotatable bonds is 3. The quantitative estimate of drug-likeness (QED) is 0.847. The lowest BCUT2D eigenvalue weighted by molar-refractivity contribution is -0.152. The third-order valence-corrected chi connectivity index (χ3v) is 3.81. The van der Waals surface area contributed by atoms with Gasteiger partial charge in [-0.05, 0) is 31.4 Å². The Kier molecular flexibility index (Phi) is 2.07. The smallest absolute Gasteiger partial charge is 0.312 e. The van der Waals surface area contributed by atoms with E-state index in [1.165, 1.54) is 0 Å². The summed E-state index contributed by atoms with van der Waals surface area (Å²) in [5.74, 6) is -0.0188. The van der Waals surface area contributed by atoms with Crippen molar-refractivity contribution in [2.24, 2.45) is 5.41 Å². The number of carbonyl (C=O) groups is 1. The van der Waals surface area contributed by atoms with Gasteiger partial charge in [0.1, 0.15) is 11.2 Å². The lowest BCUT2D eigenvalue weighted by atomic mass is 9.71. The van der Waals surface area contributed by atoms with Crippen molar-refractivity contribution < 1.29 is 19.1 Å². The van der Waals surface area contributed by atoms with Crippen LogP contribution in [-0.2, 0) is 16.0 Å². The Balaban J connectivity index is 1.89. The number of hydrogen-bond donors (Lipinski definition) is 1. The van der Waals surface area contributed by atoms with E-state index in [-0.39, 0.29) is 12.2 Å². The summed E-state index contributed by atoms with van der Waals surface area (Å²) in [6, 6.07) is 3.62. The molecule has 1 aromatic rings. The van der Waals surface area contributed by atoms with Gasteiger partial charge in [-0.3, -0.25) is 4.79 Å². The third kappa shape index (κ3) is 1.29. The monoisotopic (exact) mass is 222 g/mol. The van der Waals surface area contributed by atoms with Gasteiger partial charge in [-0.15, -0.1) is 0 Å². The molecule has 0 aromatic carbocycles. The molecule has 2 saturated heterocycles. The standard InChI is InChI=1S/C12H14O4/c13-11(14)12(6-8-2-1-5-15-8)7-9-3-4-10(12)16-9/h1-2,5,9-10H,3-4,6-7H2,(H,13,14). The molecular formula is C12H14O4. The second-order valence-corrected chi connectivity index (χ2v) is 4.75. The molecule has 0 aliphatic carbocycles. The van der Waals surface area contributed by atoms with Gasteiger partial charge < -0.3 is 14.3 Å². The Morgan fingerprint density at radius 2 is 2.44 bits per heavy atom. The van der Waals surface area contributed by atoms with Gasteiger partial charge in [0.2, 0.25) is 0 Å². The van der Waals surface area contributed by atoms with E-state index in [9.17, 15) is 9.90 Å². The summed E-state index contributed by atoms with van der Waals surface area (Å²) >= 11 is 0. The normalized spacial score (nSPS) is 36.8. The first kappa shape index (κ1) is 9.90. The molecule has 0 saturated carbocycles. The molecule has 3 rings (SSSR count). The highest BCUT2D eigenvalue weighted by Crippen LogP contribution is 2.49. The van der Waals surface area contributed by atoms with Crippen LogP contribution in [0.1, 0.15) is 25.0 Å². The summed E-state index contributed by atoms with van der Waals surface area (Å²) in [7, 11) is 0. The van der Waals surface area contributed by atoms with E-state index in [1.54, 1.807) is 12.3 Å². The Hall–Kier alpha value is -1.29. The van der Waals surface area contributed by atoms with Crippen LogP contribution >= 0.6 is 0 Å². The maximum atomic E-state index is 11.5. The van der Waals surface area contributed by atoms with E-state index in [2.05, 4.69) is 0 Å². The fourth-order valence-electron chi connectivity index (χ4n) is 3.01. The van der Waals surface area contributed by atoms with Crippen molar-refractivity contribution in [3.63, 3.8) is 0 Å². The molecule has 3 atom stereocenters. The van der Waals surface area contributed by atoms with Gasteiger partial charge in [0.15, 0.2) is 0 Å². The SMILES string of the molecule is O=C(O)C1(Cc2ccco2)CC2CCC1O2. The molecule has 4 nitrogen and oxygen atoms in total. The molecule has 86 valence electrons. The molecule has 2 aliphatic rings. The first-order valence-electron chi connectivity index (χ1n) is 5.62. The van der Waals surface area contributed by atoms with Crippen molar-refractivity contribution in [3.8, 4) is 0 Å². The highest BCUT2D eigenvalue weighted by atomic mass is 16.5. The van der Waals surface area contributed by atoms with Gasteiger partial charge in [-0.25, -0.2) is 0 Å². The fraction of sp³-hybridized carbons (Fsp3) is 0.583. The van der Waals surface area contributed by atoms with Crippen molar-refractivity contribution >= 4 is 5.97 Å². The lowest BCUT2D eigenvalue weighted by Gasteiger charge is -2.29. The highest BCUT2D eigenvalue weighted by Gasteiger charge is 2.57. The molecule has 3 heterocycles. The number of fused-ring (bicyclic) bond motifs is 2. The molecule has 4 heteroatoms. The zero-order valence-electron chi connectivity index (χ0n) is 8.89. The van der Waals surface area contributed by atoms with E-state index < -0.39 is 11.4 Å². The Bertz CT molecular complexity index is 397. The van der Waals surface area contributed by atoms with Crippen molar-refractivity contribution in [2.75, 3.05) is 0 Å². The van der Waals surface area contributed by atoms with Gasteiger partial charge in [0.05, 0.1) is 18.5 Å². The Labute approximate surface area is 93.2 Å². The number of ether oxygens (including phenoxy) is 1.